The summed E-state index contributed by atoms with van der Waals surface area (Å²) in [6.45, 7) is 18.9. The van der Waals surface area contributed by atoms with Gasteiger partial charge in [-0.3, -0.25) is 4.39 Å². The summed E-state index contributed by atoms with van der Waals surface area (Å²) in [5.74, 6) is -3.12. The largest absolute Gasteiger partial charge is 0.375 e. The van der Waals surface area contributed by atoms with Crippen molar-refractivity contribution in [2.75, 3.05) is 7.18 Å². The molecule has 2 aromatic carbocycles. The van der Waals surface area contributed by atoms with Gasteiger partial charge in [-0.1, -0.05) is 78.9 Å². The molecule has 0 fully saturated rings. The Morgan fingerprint density at radius 3 is 1.91 bits per heavy atom. The van der Waals surface area contributed by atoms with E-state index in [0.29, 0.717) is 24.9 Å². The molecule has 0 bridgehead atoms. The number of hydrogen-bond donors (Lipinski definition) is 1. The van der Waals surface area contributed by atoms with Crippen molar-refractivity contribution in [1.82, 2.24) is 5.32 Å². The van der Waals surface area contributed by atoms with E-state index in [4.69, 9.17) is 11.6 Å². The van der Waals surface area contributed by atoms with Gasteiger partial charge in [0.2, 0.25) is 5.92 Å². The molecule has 0 saturated heterocycles. The average Bonchev–Trinajstić information content (AvgIpc) is 2.93. The predicted molar refractivity (Wildman–Crippen MR) is 173 cm³/mol. The van der Waals surface area contributed by atoms with Crippen LogP contribution in [0.15, 0.2) is 96.2 Å². The molecule has 0 aliphatic rings. The van der Waals surface area contributed by atoms with E-state index in [-0.39, 0.29) is 18.7 Å². The molecule has 0 saturated carbocycles. The van der Waals surface area contributed by atoms with Gasteiger partial charge in [0, 0.05) is 23.6 Å². The van der Waals surface area contributed by atoms with Crippen LogP contribution in [0, 0.1) is 12.7 Å². The molecule has 0 spiro atoms. The zero-order valence-electron chi connectivity index (χ0n) is 26.7. The molecule has 3 atom stereocenters. The van der Waals surface area contributed by atoms with Gasteiger partial charge < -0.3 is 5.32 Å². The fourth-order valence-corrected chi connectivity index (χ4v) is 3.72. The van der Waals surface area contributed by atoms with Crippen LogP contribution in [0.4, 0.5) is 26.3 Å². The zero-order valence-corrected chi connectivity index (χ0v) is 27.4. The highest BCUT2D eigenvalue weighted by Crippen LogP contribution is 2.35. The Labute approximate surface area is 260 Å². The lowest BCUT2D eigenvalue weighted by atomic mass is 9.78. The third-order valence-corrected chi connectivity index (χ3v) is 6.41. The van der Waals surface area contributed by atoms with Gasteiger partial charge in [-0.15, -0.1) is 0 Å². The first-order chi connectivity index (χ1) is 20.0. The number of alkyl halides is 5. The summed E-state index contributed by atoms with van der Waals surface area (Å²) in [6.07, 6.45) is 3.27. The third-order valence-electron chi connectivity index (χ3n) is 6.07. The maximum atomic E-state index is 14.2. The minimum atomic E-state index is -2.77. The fraction of sp³-hybridized carbons (Fsp3) is 0.429. The molecule has 0 amide bonds. The normalized spacial score (nSPS) is 14.0. The van der Waals surface area contributed by atoms with Gasteiger partial charge in [-0.2, -0.15) is 0 Å². The first-order valence-corrected chi connectivity index (χ1v) is 14.3. The van der Waals surface area contributed by atoms with Crippen LogP contribution < -0.4 is 5.32 Å². The summed E-state index contributed by atoms with van der Waals surface area (Å²) in [4.78, 5) is 0. The molecule has 242 valence electrons. The molecule has 1 nitrogen and oxygen atoms in total. The van der Waals surface area contributed by atoms with Gasteiger partial charge in [0.05, 0.1) is 12.7 Å². The van der Waals surface area contributed by atoms with Crippen molar-refractivity contribution in [1.29, 1.82) is 0 Å². The summed E-state index contributed by atoms with van der Waals surface area (Å²) in [7, 11) is 0.500. The third kappa shape index (κ3) is 18.4. The van der Waals surface area contributed by atoms with Crippen molar-refractivity contribution < 1.29 is 26.3 Å². The number of aryl methyl sites for hydroxylation is 1. The summed E-state index contributed by atoms with van der Waals surface area (Å²) in [5.41, 5.74) is 2.88. The second-order valence-corrected chi connectivity index (χ2v) is 10.6. The minimum Gasteiger partial charge on any atom is -0.375 e. The van der Waals surface area contributed by atoms with E-state index in [2.05, 4.69) is 18.5 Å². The van der Waals surface area contributed by atoms with Crippen LogP contribution in [0.25, 0.3) is 0 Å². The van der Waals surface area contributed by atoms with E-state index in [9.17, 15) is 26.3 Å². The topological polar surface area (TPSA) is 12.0 Å². The number of allylic oxidation sites excluding steroid dienone is 5. The van der Waals surface area contributed by atoms with Crippen LogP contribution in [0.1, 0.15) is 71.1 Å². The van der Waals surface area contributed by atoms with Crippen LogP contribution in [-0.2, 0) is 12.0 Å². The Hall–Kier alpha value is -2.93. The van der Waals surface area contributed by atoms with E-state index in [1.807, 2.05) is 82.3 Å². The fourth-order valence-electron chi connectivity index (χ4n) is 3.60. The van der Waals surface area contributed by atoms with Gasteiger partial charge in [0.15, 0.2) is 0 Å². The molecular weight excluding hydrogens is 584 g/mol. The van der Waals surface area contributed by atoms with Gasteiger partial charge in [-0.05, 0) is 89.8 Å². The molecule has 0 aliphatic carbocycles. The Balaban J connectivity index is 0. The summed E-state index contributed by atoms with van der Waals surface area (Å²) in [5, 5.41) is 4.12. The lowest BCUT2D eigenvalue weighted by Crippen LogP contribution is -2.45. The lowest BCUT2D eigenvalue weighted by molar-refractivity contribution is 0.0127. The first kappa shape index (κ1) is 42.2. The number of rotatable bonds is 11. The summed E-state index contributed by atoms with van der Waals surface area (Å²) in [6, 6.07) is 14.6. The van der Waals surface area contributed by atoms with E-state index in [1.54, 1.807) is 0 Å². The van der Waals surface area contributed by atoms with Gasteiger partial charge >= 0.3 is 0 Å². The van der Waals surface area contributed by atoms with Crippen molar-refractivity contribution in [3.05, 3.63) is 119 Å². The molecular formula is C35H48ClF6N. The van der Waals surface area contributed by atoms with E-state index in [0.717, 1.165) is 28.7 Å². The predicted octanol–water partition coefficient (Wildman–Crippen LogP) is 11.7. The second kappa shape index (κ2) is 21.7. The van der Waals surface area contributed by atoms with Crippen LogP contribution in [0.2, 0.25) is 0 Å². The highest BCUT2D eigenvalue weighted by Gasteiger charge is 2.35. The van der Waals surface area contributed by atoms with Crippen LogP contribution in [0.3, 0.4) is 0 Å². The number of nitrogens with one attached hydrogen (secondary N) is 1. The summed E-state index contributed by atoms with van der Waals surface area (Å²) < 4.78 is 73.2. The molecule has 0 aromatic heterocycles. The molecule has 2 rings (SSSR count). The SMILES string of the molecule is C/C=C\C(Cl)=C/C.C=C(CCC(C)(F)F)NC(Cc1ccccc1)(C(=C)C)c1cc(C)cc(F)c1.CC(F)C(C)F.CF. The van der Waals surface area contributed by atoms with E-state index < -0.39 is 23.8 Å². The Bertz CT molecular complexity index is 1110. The lowest BCUT2D eigenvalue weighted by Gasteiger charge is -2.38. The monoisotopic (exact) mass is 631 g/mol. The van der Waals surface area contributed by atoms with Crippen LogP contribution in [0.5, 0.6) is 0 Å². The van der Waals surface area contributed by atoms with Gasteiger partial charge in [0.25, 0.3) is 0 Å². The van der Waals surface area contributed by atoms with E-state index in [1.165, 1.54) is 26.0 Å². The quantitative estimate of drug-likeness (QED) is 0.148. The Kier molecular flexibility index (Phi) is 21.3. The highest BCUT2D eigenvalue weighted by molar-refractivity contribution is 6.31. The van der Waals surface area contributed by atoms with Crippen molar-refractivity contribution in [2.45, 2.75) is 91.5 Å². The smallest absolute Gasteiger partial charge is 0.245 e. The molecule has 0 heterocycles. The molecule has 8 heteroatoms. The second-order valence-electron chi connectivity index (χ2n) is 10.2. The van der Waals surface area contributed by atoms with Crippen LogP contribution >= 0.6 is 11.6 Å². The Morgan fingerprint density at radius 1 is 1.00 bits per heavy atom. The molecule has 43 heavy (non-hydrogen) atoms. The number of hydrogen-bond acceptors (Lipinski definition) is 1. The number of halogens is 7. The maximum absolute atomic E-state index is 14.2. The van der Waals surface area contributed by atoms with Crippen molar-refractivity contribution in [3.63, 3.8) is 0 Å². The van der Waals surface area contributed by atoms with Gasteiger partial charge in [0.1, 0.15) is 18.2 Å². The Morgan fingerprint density at radius 2 is 1.53 bits per heavy atom. The standard InChI is InChI=1S/C24H28F3N.C6H9Cl.C4H8F2.CH3F/c1-17(2)24(16-20-9-7-6-8-10-20,21-13-18(3)14-22(25)15-21)28-19(4)11-12-23(5,26)27;1-3-5-6(7)4-2;1-3(5)4(2)6;1-2/h6-10,13-15,28H,1,4,11-12,16H2,2-3,5H3;3-5H,1-2H3;3-4H,1-2H3;1H3/b;5-3-,6-4+;;. The molecule has 3 unspecified atom stereocenters. The first-order valence-electron chi connectivity index (χ1n) is 13.9. The molecule has 0 radical (unpaired) electrons. The molecule has 1 N–H and O–H groups in total. The van der Waals surface area contributed by atoms with Crippen molar-refractivity contribution >= 4 is 11.6 Å². The average molecular weight is 632 g/mol. The van der Waals surface area contributed by atoms with Gasteiger partial charge in [-0.25, -0.2) is 22.0 Å². The van der Waals surface area contributed by atoms with Crippen molar-refractivity contribution in [3.8, 4) is 0 Å². The van der Waals surface area contributed by atoms with E-state index >= 15 is 0 Å². The van der Waals surface area contributed by atoms with Crippen LogP contribution in [-0.4, -0.2) is 25.4 Å². The maximum Gasteiger partial charge on any atom is 0.245 e. The van der Waals surface area contributed by atoms with Crippen molar-refractivity contribution in [2.24, 2.45) is 0 Å². The number of benzene rings is 2. The highest BCUT2D eigenvalue weighted by atomic mass is 35.5. The molecule has 2 aromatic rings. The molecule has 0 aliphatic heterocycles. The minimum absolute atomic E-state index is 0.113. The summed E-state index contributed by atoms with van der Waals surface area (Å²) >= 11 is 5.54. The zero-order chi connectivity index (χ0) is 33.8.